The Morgan fingerprint density at radius 1 is 1.47 bits per heavy atom. The lowest BCUT2D eigenvalue weighted by molar-refractivity contribution is -0.121. The second-order valence-electron chi connectivity index (χ2n) is 5.19. The van der Waals surface area contributed by atoms with E-state index in [-0.39, 0.29) is 5.91 Å². The largest absolute Gasteiger partial charge is 0.384 e. The molecule has 1 aliphatic rings. The predicted octanol–water partition coefficient (Wildman–Crippen LogP) is 1.60. The molecule has 5 nitrogen and oxygen atoms in total. The number of fused-ring (bicyclic) bond motifs is 1. The number of H-pyrrole nitrogens is 1. The van der Waals surface area contributed by atoms with Gasteiger partial charge in [-0.1, -0.05) is 0 Å². The average molecular weight is 258 g/mol. The number of aromatic amines is 1. The van der Waals surface area contributed by atoms with Crippen LogP contribution < -0.4 is 11.1 Å². The number of nitrogens with one attached hydrogen (secondary N) is 2. The van der Waals surface area contributed by atoms with Crippen molar-refractivity contribution in [3.63, 3.8) is 0 Å². The second-order valence-corrected chi connectivity index (χ2v) is 5.19. The van der Waals surface area contributed by atoms with Crippen molar-refractivity contribution in [1.29, 1.82) is 0 Å². The number of amides is 1. The summed E-state index contributed by atoms with van der Waals surface area (Å²) in [4.78, 5) is 19.1. The van der Waals surface area contributed by atoms with Gasteiger partial charge in [-0.05, 0) is 42.9 Å². The Balaban J connectivity index is 1.58. The molecule has 0 radical (unpaired) electrons. The van der Waals surface area contributed by atoms with Crippen LogP contribution in [0.2, 0.25) is 0 Å². The van der Waals surface area contributed by atoms with Crippen LogP contribution >= 0.6 is 0 Å². The Labute approximate surface area is 111 Å². The molecule has 4 N–H and O–H groups in total. The van der Waals surface area contributed by atoms with Gasteiger partial charge in [0.1, 0.15) is 5.82 Å². The van der Waals surface area contributed by atoms with Gasteiger partial charge >= 0.3 is 0 Å². The first-order valence-electron chi connectivity index (χ1n) is 6.71. The Bertz CT molecular complexity index is 601. The molecule has 2 heterocycles. The van der Waals surface area contributed by atoms with Gasteiger partial charge in [-0.2, -0.15) is 0 Å². The van der Waals surface area contributed by atoms with Crippen LogP contribution in [-0.4, -0.2) is 22.4 Å². The van der Waals surface area contributed by atoms with E-state index in [0.29, 0.717) is 24.7 Å². The number of carbonyl (C=O) groups excluding carboxylic acids is 1. The fourth-order valence-corrected chi connectivity index (χ4v) is 2.25. The highest BCUT2D eigenvalue weighted by Crippen LogP contribution is 2.32. The molecule has 3 rings (SSSR count). The van der Waals surface area contributed by atoms with Gasteiger partial charge in [-0.25, -0.2) is 4.98 Å². The normalized spacial score (nSPS) is 14.7. The molecular formula is C14H18N4O. The molecule has 19 heavy (non-hydrogen) atoms. The Morgan fingerprint density at radius 2 is 2.32 bits per heavy atom. The summed E-state index contributed by atoms with van der Waals surface area (Å²) < 4.78 is 0. The van der Waals surface area contributed by atoms with Crippen molar-refractivity contribution >= 4 is 22.8 Å². The van der Waals surface area contributed by atoms with Crippen LogP contribution in [0.4, 0.5) is 5.82 Å². The number of nitrogens with two attached hydrogens (primary N) is 1. The lowest BCUT2D eigenvalue weighted by Crippen LogP contribution is -2.25. The molecular weight excluding hydrogens is 240 g/mol. The first kappa shape index (κ1) is 12.0. The van der Waals surface area contributed by atoms with Gasteiger partial charge in [0.15, 0.2) is 0 Å². The van der Waals surface area contributed by atoms with Crippen LogP contribution in [0.25, 0.3) is 11.0 Å². The molecule has 0 bridgehead atoms. The third-order valence-corrected chi connectivity index (χ3v) is 3.51. The van der Waals surface area contributed by atoms with Gasteiger partial charge in [0.05, 0.1) is 11.0 Å². The lowest BCUT2D eigenvalue weighted by Gasteiger charge is -2.03. The van der Waals surface area contributed by atoms with Crippen molar-refractivity contribution in [3.8, 4) is 0 Å². The molecule has 0 aliphatic heterocycles. The number of hydrogen-bond acceptors (Lipinski definition) is 3. The SMILES string of the molecule is Nc1ccc2[nH]cc(CCNC(=O)CC3CC3)c2n1. The number of carbonyl (C=O) groups is 1. The van der Waals surface area contributed by atoms with Crippen molar-refractivity contribution in [2.75, 3.05) is 12.3 Å². The smallest absolute Gasteiger partial charge is 0.220 e. The van der Waals surface area contributed by atoms with Crippen LogP contribution in [0.5, 0.6) is 0 Å². The lowest BCUT2D eigenvalue weighted by atomic mass is 10.2. The van der Waals surface area contributed by atoms with E-state index in [1.807, 2.05) is 12.3 Å². The summed E-state index contributed by atoms with van der Waals surface area (Å²) in [6.07, 6.45) is 5.80. The van der Waals surface area contributed by atoms with E-state index in [2.05, 4.69) is 15.3 Å². The third-order valence-electron chi connectivity index (χ3n) is 3.51. The number of nitrogen functional groups attached to an aromatic ring is 1. The quantitative estimate of drug-likeness (QED) is 0.761. The Hall–Kier alpha value is -2.04. The van der Waals surface area contributed by atoms with Gasteiger partial charge in [-0.15, -0.1) is 0 Å². The van der Waals surface area contributed by atoms with Gasteiger partial charge in [-0.3, -0.25) is 4.79 Å². The van der Waals surface area contributed by atoms with E-state index < -0.39 is 0 Å². The zero-order valence-electron chi connectivity index (χ0n) is 10.8. The molecule has 1 fully saturated rings. The minimum Gasteiger partial charge on any atom is -0.384 e. The third kappa shape index (κ3) is 2.86. The number of anilines is 1. The van der Waals surface area contributed by atoms with Crippen LogP contribution in [0.1, 0.15) is 24.8 Å². The molecule has 0 unspecified atom stereocenters. The summed E-state index contributed by atoms with van der Waals surface area (Å²) in [6, 6.07) is 3.70. The van der Waals surface area contributed by atoms with Crippen LogP contribution in [-0.2, 0) is 11.2 Å². The molecule has 1 aliphatic carbocycles. The Kier molecular flexibility index (Phi) is 3.11. The molecule has 0 spiro atoms. The van der Waals surface area contributed by atoms with Gasteiger partial charge in [0.25, 0.3) is 0 Å². The maximum absolute atomic E-state index is 11.6. The molecule has 100 valence electrons. The zero-order chi connectivity index (χ0) is 13.2. The predicted molar refractivity (Wildman–Crippen MR) is 74.6 cm³/mol. The van der Waals surface area contributed by atoms with Crippen LogP contribution in [0.15, 0.2) is 18.3 Å². The maximum Gasteiger partial charge on any atom is 0.220 e. The summed E-state index contributed by atoms with van der Waals surface area (Å²) in [7, 11) is 0. The minimum atomic E-state index is 0.162. The number of hydrogen-bond donors (Lipinski definition) is 3. The van der Waals surface area contributed by atoms with Crippen molar-refractivity contribution in [3.05, 3.63) is 23.9 Å². The average Bonchev–Trinajstić information content (AvgIpc) is 3.10. The second kappa shape index (κ2) is 4.91. The highest BCUT2D eigenvalue weighted by atomic mass is 16.1. The fraction of sp³-hybridized carbons (Fsp3) is 0.429. The van der Waals surface area contributed by atoms with Gasteiger partial charge in [0, 0.05) is 19.2 Å². The number of rotatable bonds is 5. The summed E-state index contributed by atoms with van der Waals surface area (Å²) in [5, 5.41) is 2.96. The standard InChI is InChI=1S/C14H18N4O/c15-12-4-3-11-14(18-12)10(8-17-11)5-6-16-13(19)7-9-1-2-9/h3-4,8-9,17H,1-2,5-7H2,(H2,15,18)(H,16,19). The van der Waals surface area contributed by atoms with E-state index in [1.165, 1.54) is 12.8 Å². The maximum atomic E-state index is 11.6. The van der Waals surface area contributed by atoms with Crippen molar-refractivity contribution in [1.82, 2.24) is 15.3 Å². The number of pyridine rings is 1. The first-order chi connectivity index (χ1) is 9.22. The number of nitrogens with zero attached hydrogens (tertiary/aromatic N) is 1. The van der Waals surface area contributed by atoms with Crippen LogP contribution in [0.3, 0.4) is 0 Å². The van der Waals surface area contributed by atoms with Crippen molar-refractivity contribution in [2.24, 2.45) is 5.92 Å². The summed E-state index contributed by atoms with van der Waals surface area (Å²) in [5.74, 6) is 1.32. The van der Waals surface area contributed by atoms with E-state index in [1.54, 1.807) is 6.07 Å². The highest BCUT2D eigenvalue weighted by molar-refractivity contribution is 5.80. The highest BCUT2D eigenvalue weighted by Gasteiger charge is 2.23. The van der Waals surface area contributed by atoms with Gasteiger partial charge < -0.3 is 16.0 Å². The summed E-state index contributed by atoms with van der Waals surface area (Å²) >= 11 is 0. The van der Waals surface area contributed by atoms with E-state index >= 15 is 0 Å². The molecule has 0 atom stereocenters. The van der Waals surface area contributed by atoms with E-state index in [0.717, 1.165) is 23.0 Å². The topological polar surface area (TPSA) is 83.8 Å². The first-order valence-corrected chi connectivity index (χ1v) is 6.71. The molecule has 5 heteroatoms. The molecule has 2 aromatic heterocycles. The van der Waals surface area contributed by atoms with Gasteiger partial charge in [0.2, 0.25) is 5.91 Å². The summed E-state index contributed by atoms with van der Waals surface area (Å²) in [6.45, 7) is 0.648. The molecule has 0 aromatic carbocycles. The Morgan fingerprint density at radius 3 is 3.11 bits per heavy atom. The number of aromatic nitrogens is 2. The molecule has 1 amide bonds. The molecule has 1 saturated carbocycles. The van der Waals surface area contributed by atoms with E-state index in [9.17, 15) is 4.79 Å². The summed E-state index contributed by atoms with van der Waals surface area (Å²) in [5.41, 5.74) is 8.67. The minimum absolute atomic E-state index is 0.162. The van der Waals surface area contributed by atoms with E-state index in [4.69, 9.17) is 5.73 Å². The fourth-order valence-electron chi connectivity index (χ4n) is 2.25. The zero-order valence-corrected chi connectivity index (χ0v) is 10.8. The molecule has 2 aromatic rings. The van der Waals surface area contributed by atoms with Crippen molar-refractivity contribution in [2.45, 2.75) is 25.7 Å². The molecule has 0 saturated heterocycles. The monoisotopic (exact) mass is 258 g/mol. The van der Waals surface area contributed by atoms with Crippen LogP contribution in [0, 0.1) is 5.92 Å². The van der Waals surface area contributed by atoms with Crippen molar-refractivity contribution < 1.29 is 4.79 Å².